The highest BCUT2D eigenvalue weighted by Gasteiger charge is 2.35. The summed E-state index contributed by atoms with van der Waals surface area (Å²) in [5, 5.41) is 0. The van der Waals surface area contributed by atoms with E-state index in [1.807, 2.05) is 18.2 Å². The van der Waals surface area contributed by atoms with E-state index in [0.717, 1.165) is 19.3 Å². The lowest BCUT2D eigenvalue weighted by Crippen LogP contribution is -2.01. The molecule has 134 valence electrons. The summed E-state index contributed by atoms with van der Waals surface area (Å²) < 4.78 is 10.1. The van der Waals surface area contributed by atoms with Crippen molar-refractivity contribution in [3.63, 3.8) is 0 Å². The Morgan fingerprint density at radius 2 is 1.88 bits per heavy atom. The summed E-state index contributed by atoms with van der Waals surface area (Å²) in [7, 11) is 1.42. The predicted molar refractivity (Wildman–Crippen MR) is 99.8 cm³/mol. The smallest absolute Gasteiger partial charge is 0.305 e. The van der Waals surface area contributed by atoms with Crippen molar-refractivity contribution in [3.05, 3.63) is 48.6 Å². The van der Waals surface area contributed by atoms with E-state index in [9.17, 15) is 4.79 Å². The van der Waals surface area contributed by atoms with Gasteiger partial charge in [-0.3, -0.25) is 4.79 Å². The third-order valence-corrected chi connectivity index (χ3v) is 3.90. The zero-order valence-electron chi connectivity index (χ0n) is 15.2. The Kier molecular flexibility index (Phi) is 11.7. The summed E-state index contributed by atoms with van der Waals surface area (Å²) in [6, 6.07) is 0. The van der Waals surface area contributed by atoms with Crippen molar-refractivity contribution in [1.82, 2.24) is 0 Å². The second-order valence-corrected chi connectivity index (χ2v) is 6.01. The summed E-state index contributed by atoms with van der Waals surface area (Å²) in [6.07, 6.45) is 25.7. The van der Waals surface area contributed by atoms with Crippen molar-refractivity contribution in [2.24, 2.45) is 0 Å². The molecule has 1 heterocycles. The second kappa shape index (κ2) is 13.8. The minimum absolute atomic E-state index is 0.145. The fourth-order valence-corrected chi connectivity index (χ4v) is 2.37. The lowest BCUT2D eigenvalue weighted by molar-refractivity contribution is -0.140. The van der Waals surface area contributed by atoms with E-state index >= 15 is 0 Å². The molecule has 0 aromatic carbocycles. The van der Waals surface area contributed by atoms with Crippen molar-refractivity contribution >= 4 is 5.97 Å². The number of ether oxygens (including phenoxy) is 2. The molecular formula is C21H32O3. The van der Waals surface area contributed by atoms with Crippen LogP contribution in [0.1, 0.15) is 58.3 Å². The monoisotopic (exact) mass is 332 g/mol. The summed E-state index contributed by atoms with van der Waals surface area (Å²) in [4.78, 5) is 11.0. The number of carbonyl (C=O) groups excluding carboxylic acids is 1. The molecule has 1 aliphatic rings. The number of carbonyl (C=O) groups is 1. The number of allylic oxidation sites excluding steroid dienone is 7. The number of hydrogen-bond donors (Lipinski definition) is 0. The summed E-state index contributed by atoms with van der Waals surface area (Å²) in [6.45, 7) is 2.23. The normalized spacial score (nSPS) is 20.8. The molecule has 3 heteroatoms. The van der Waals surface area contributed by atoms with E-state index < -0.39 is 0 Å². The average Bonchev–Trinajstić information content (AvgIpc) is 3.34. The second-order valence-electron chi connectivity index (χ2n) is 6.01. The molecular weight excluding hydrogens is 300 g/mol. The van der Waals surface area contributed by atoms with Crippen LogP contribution in [0.4, 0.5) is 0 Å². The Bertz CT molecular complexity index is 446. The molecule has 1 saturated heterocycles. The van der Waals surface area contributed by atoms with Gasteiger partial charge in [-0.15, -0.1) is 0 Å². The van der Waals surface area contributed by atoms with Crippen molar-refractivity contribution < 1.29 is 14.3 Å². The third-order valence-electron chi connectivity index (χ3n) is 3.90. The molecule has 2 atom stereocenters. The highest BCUT2D eigenvalue weighted by Crippen LogP contribution is 2.28. The van der Waals surface area contributed by atoms with Gasteiger partial charge in [0.15, 0.2) is 0 Å². The van der Waals surface area contributed by atoms with Crippen molar-refractivity contribution in [1.29, 1.82) is 0 Å². The highest BCUT2D eigenvalue weighted by molar-refractivity contribution is 5.68. The van der Waals surface area contributed by atoms with Crippen LogP contribution < -0.4 is 0 Å². The Morgan fingerprint density at radius 1 is 1.04 bits per heavy atom. The minimum Gasteiger partial charge on any atom is -0.469 e. The van der Waals surface area contributed by atoms with Crippen molar-refractivity contribution in [3.8, 4) is 0 Å². The first-order chi connectivity index (χ1) is 11.8. The number of unbranched alkanes of at least 4 members (excludes halogenated alkanes) is 3. The Hall–Kier alpha value is -1.61. The Labute approximate surface area is 147 Å². The first kappa shape index (κ1) is 20.4. The maximum absolute atomic E-state index is 11.0. The maximum Gasteiger partial charge on any atom is 0.305 e. The van der Waals surface area contributed by atoms with Gasteiger partial charge in [-0.25, -0.2) is 0 Å². The average molecular weight is 332 g/mol. The van der Waals surface area contributed by atoms with E-state index in [1.54, 1.807) is 0 Å². The standard InChI is InChI=1S/C21H32O3/c1-3-4-5-6-7-8-9-10-11-12-13-14-16-19-20(24-19)17-15-18-21(22)23-2/h7-8,10-14,16,19-20H,3-6,9,15,17-18H2,1-2H3/b8-7-,11-10-,13-12+,16-14+/t19-,20-/m1/s1. The zero-order chi connectivity index (χ0) is 17.5. The van der Waals surface area contributed by atoms with Gasteiger partial charge in [-0.1, -0.05) is 68.4 Å². The molecule has 0 radical (unpaired) electrons. The first-order valence-electron chi connectivity index (χ1n) is 9.15. The van der Waals surface area contributed by atoms with Crippen LogP contribution >= 0.6 is 0 Å². The van der Waals surface area contributed by atoms with E-state index in [0.29, 0.717) is 6.42 Å². The van der Waals surface area contributed by atoms with Gasteiger partial charge in [-0.2, -0.15) is 0 Å². The molecule has 0 aliphatic carbocycles. The molecule has 0 saturated carbocycles. The zero-order valence-corrected chi connectivity index (χ0v) is 15.2. The van der Waals surface area contributed by atoms with Crippen molar-refractivity contribution in [2.45, 2.75) is 70.5 Å². The molecule has 1 aliphatic heterocycles. The molecule has 0 aromatic heterocycles. The van der Waals surface area contributed by atoms with Crippen LogP contribution in [-0.2, 0) is 14.3 Å². The molecule has 0 spiro atoms. The highest BCUT2D eigenvalue weighted by atomic mass is 16.6. The minimum atomic E-state index is -0.145. The summed E-state index contributed by atoms with van der Waals surface area (Å²) >= 11 is 0. The molecule has 3 nitrogen and oxygen atoms in total. The van der Waals surface area contributed by atoms with E-state index in [1.165, 1.54) is 32.8 Å². The van der Waals surface area contributed by atoms with Crippen molar-refractivity contribution in [2.75, 3.05) is 7.11 Å². The third kappa shape index (κ3) is 11.0. The molecule has 0 unspecified atom stereocenters. The molecule has 0 amide bonds. The fraction of sp³-hybridized carbons (Fsp3) is 0.571. The first-order valence-corrected chi connectivity index (χ1v) is 9.15. The molecule has 0 N–H and O–H groups in total. The predicted octanol–water partition coefficient (Wildman–Crippen LogP) is 5.29. The van der Waals surface area contributed by atoms with Gasteiger partial charge in [0.25, 0.3) is 0 Å². The van der Waals surface area contributed by atoms with E-state index in [-0.39, 0.29) is 18.2 Å². The van der Waals surface area contributed by atoms with E-state index in [4.69, 9.17) is 4.74 Å². The topological polar surface area (TPSA) is 38.8 Å². The number of rotatable bonds is 13. The number of epoxide rings is 1. The number of methoxy groups -OCH3 is 1. The van der Waals surface area contributed by atoms with Crippen LogP contribution in [0, 0.1) is 0 Å². The lowest BCUT2D eigenvalue weighted by Gasteiger charge is -1.96. The number of hydrogen-bond acceptors (Lipinski definition) is 3. The quantitative estimate of drug-likeness (QED) is 0.151. The molecule has 0 bridgehead atoms. The molecule has 24 heavy (non-hydrogen) atoms. The molecule has 1 fully saturated rings. The van der Waals surface area contributed by atoms with Gasteiger partial charge in [0.2, 0.25) is 0 Å². The number of esters is 1. The van der Waals surface area contributed by atoms with Crippen LogP contribution in [-0.4, -0.2) is 25.3 Å². The van der Waals surface area contributed by atoms with Gasteiger partial charge >= 0.3 is 5.97 Å². The molecule has 1 rings (SSSR count). The fourth-order valence-electron chi connectivity index (χ4n) is 2.37. The van der Waals surface area contributed by atoms with Gasteiger partial charge in [0, 0.05) is 6.42 Å². The SMILES string of the molecule is CCCCC/C=C\C\C=C/C=C/C=C/[C@H]1O[C@@H]1CCCC(=O)OC. The largest absolute Gasteiger partial charge is 0.469 e. The van der Waals surface area contributed by atoms with Gasteiger partial charge in [0.05, 0.1) is 13.2 Å². The van der Waals surface area contributed by atoms with E-state index in [2.05, 4.69) is 42.0 Å². The van der Waals surface area contributed by atoms with Crippen LogP contribution in [0.5, 0.6) is 0 Å². The summed E-state index contributed by atoms with van der Waals surface area (Å²) in [5.41, 5.74) is 0. The molecule has 0 aromatic rings. The Balaban J connectivity index is 2.00. The van der Waals surface area contributed by atoms with Gasteiger partial charge in [0.1, 0.15) is 6.10 Å². The van der Waals surface area contributed by atoms with Gasteiger partial charge < -0.3 is 9.47 Å². The van der Waals surface area contributed by atoms with Crippen LogP contribution in [0.15, 0.2) is 48.6 Å². The summed E-state index contributed by atoms with van der Waals surface area (Å²) in [5.74, 6) is -0.145. The maximum atomic E-state index is 11.0. The van der Waals surface area contributed by atoms with Crippen LogP contribution in [0.25, 0.3) is 0 Å². The van der Waals surface area contributed by atoms with Gasteiger partial charge in [-0.05, 0) is 32.1 Å². The Morgan fingerprint density at radius 3 is 2.67 bits per heavy atom. The lowest BCUT2D eigenvalue weighted by atomic mass is 10.1. The van der Waals surface area contributed by atoms with Crippen LogP contribution in [0.3, 0.4) is 0 Å². The van der Waals surface area contributed by atoms with Crippen LogP contribution in [0.2, 0.25) is 0 Å².